The van der Waals surface area contributed by atoms with E-state index in [4.69, 9.17) is 5.73 Å². The van der Waals surface area contributed by atoms with Crippen molar-refractivity contribution in [3.8, 4) is 0 Å². The van der Waals surface area contributed by atoms with E-state index in [0.29, 0.717) is 36.7 Å². The number of rotatable bonds is 6. The van der Waals surface area contributed by atoms with Gasteiger partial charge in [-0.25, -0.2) is 4.79 Å². The summed E-state index contributed by atoms with van der Waals surface area (Å²) in [6.45, 7) is 5.72. The SMILES string of the molecule is CC(C)Cn1c(=O)[nH]c(=O)c2[nH]c(NCCCN)nc21. The van der Waals surface area contributed by atoms with Crippen LogP contribution in [0.5, 0.6) is 0 Å². The van der Waals surface area contributed by atoms with Crippen LogP contribution in [-0.2, 0) is 6.54 Å². The minimum absolute atomic E-state index is 0.271. The quantitative estimate of drug-likeness (QED) is 0.547. The van der Waals surface area contributed by atoms with Gasteiger partial charge in [0.25, 0.3) is 5.56 Å². The van der Waals surface area contributed by atoms with Gasteiger partial charge < -0.3 is 16.0 Å². The zero-order valence-electron chi connectivity index (χ0n) is 11.7. The standard InChI is InChI=1S/C12H20N6O2/c1-7(2)6-18-9-8(10(19)17-12(18)20)15-11(16-9)14-5-3-4-13/h7H,3-6,13H2,1-2H3,(H2,14,15,16)(H,17,19,20). The summed E-state index contributed by atoms with van der Waals surface area (Å²) >= 11 is 0. The van der Waals surface area contributed by atoms with Crippen LogP contribution in [0.1, 0.15) is 20.3 Å². The first-order valence-electron chi connectivity index (χ1n) is 6.69. The number of imidazole rings is 1. The smallest absolute Gasteiger partial charge is 0.330 e. The van der Waals surface area contributed by atoms with Gasteiger partial charge in [0.05, 0.1) is 0 Å². The molecule has 8 nitrogen and oxygen atoms in total. The van der Waals surface area contributed by atoms with Gasteiger partial charge in [-0.2, -0.15) is 4.98 Å². The van der Waals surface area contributed by atoms with Gasteiger partial charge in [0.1, 0.15) is 0 Å². The van der Waals surface area contributed by atoms with E-state index in [1.54, 1.807) is 0 Å². The average Bonchev–Trinajstić information content (AvgIpc) is 2.79. The van der Waals surface area contributed by atoms with E-state index in [1.165, 1.54) is 4.57 Å². The number of H-pyrrole nitrogens is 2. The number of anilines is 1. The van der Waals surface area contributed by atoms with Crippen LogP contribution in [0.2, 0.25) is 0 Å². The van der Waals surface area contributed by atoms with Crippen molar-refractivity contribution < 1.29 is 0 Å². The summed E-state index contributed by atoms with van der Waals surface area (Å²) in [5, 5.41) is 3.05. The van der Waals surface area contributed by atoms with Crippen LogP contribution in [0.15, 0.2) is 9.59 Å². The first-order chi connectivity index (χ1) is 9.52. The Hall–Kier alpha value is -2.09. The zero-order valence-corrected chi connectivity index (χ0v) is 11.7. The molecule has 0 unspecified atom stereocenters. The summed E-state index contributed by atoms with van der Waals surface area (Å²) in [7, 11) is 0. The van der Waals surface area contributed by atoms with Gasteiger partial charge in [-0.1, -0.05) is 13.8 Å². The number of hydrogen-bond acceptors (Lipinski definition) is 5. The molecule has 0 bridgehead atoms. The third-order valence-corrected chi connectivity index (χ3v) is 2.85. The Morgan fingerprint density at radius 2 is 2.10 bits per heavy atom. The van der Waals surface area contributed by atoms with Crippen LogP contribution in [-0.4, -0.2) is 32.6 Å². The molecule has 2 rings (SSSR count). The molecule has 0 radical (unpaired) electrons. The Kier molecular flexibility index (Phi) is 4.23. The summed E-state index contributed by atoms with van der Waals surface area (Å²) in [5.41, 5.74) is 5.21. The van der Waals surface area contributed by atoms with E-state index < -0.39 is 11.2 Å². The molecule has 0 saturated heterocycles. The van der Waals surface area contributed by atoms with Crippen LogP contribution in [0.4, 0.5) is 5.95 Å². The molecular weight excluding hydrogens is 260 g/mol. The second-order valence-corrected chi connectivity index (χ2v) is 5.12. The minimum atomic E-state index is -0.454. The number of nitrogens with zero attached hydrogens (tertiary/aromatic N) is 2. The Labute approximate surface area is 115 Å². The summed E-state index contributed by atoms with van der Waals surface area (Å²) in [4.78, 5) is 33.2. The van der Waals surface area contributed by atoms with Crippen molar-refractivity contribution in [2.24, 2.45) is 11.7 Å². The van der Waals surface area contributed by atoms with Crippen molar-refractivity contribution in [2.45, 2.75) is 26.8 Å². The molecule has 0 atom stereocenters. The fourth-order valence-electron chi connectivity index (χ4n) is 1.97. The van der Waals surface area contributed by atoms with E-state index in [-0.39, 0.29) is 5.92 Å². The summed E-state index contributed by atoms with van der Waals surface area (Å²) in [6.07, 6.45) is 0.798. The van der Waals surface area contributed by atoms with Crippen molar-refractivity contribution in [1.82, 2.24) is 19.5 Å². The maximum Gasteiger partial charge on any atom is 0.330 e. The second-order valence-electron chi connectivity index (χ2n) is 5.12. The molecule has 0 aliphatic carbocycles. The lowest BCUT2D eigenvalue weighted by molar-refractivity contribution is 0.513. The molecule has 0 fully saturated rings. The lowest BCUT2D eigenvalue weighted by Crippen LogP contribution is -2.31. The van der Waals surface area contributed by atoms with Crippen LogP contribution in [0.3, 0.4) is 0 Å². The first kappa shape index (κ1) is 14.3. The topological polar surface area (TPSA) is 122 Å². The van der Waals surface area contributed by atoms with E-state index >= 15 is 0 Å². The van der Waals surface area contributed by atoms with Gasteiger partial charge in [0, 0.05) is 13.1 Å². The highest BCUT2D eigenvalue weighted by Crippen LogP contribution is 2.10. The van der Waals surface area contributed by atoms with Crippen molar-refractivity contribution in [3.63, 3.8) is 0 Å². The Morgan fingerprint density at radius 3 is 2.75 bits per heavy atom. The van der Waals surface area contributed by atoms with E-state index in [0.717, 1.165) is 6.42 Å². The Morgan fingerprint density at radius 1 is 1.35 bits per heavy atom. The lowest BCUT2D eigenvalue weighted by Gasteiger charge is -2.07. The summed E-state index contributed by atoms with van der Waals surface area (Å²) in [5.74, 6) is 0.745. The molecule has 0 amide bonds. The van der Waals surface area contributed by atoms with Crippen molar-refractivity contribution >= 4 is 17.1 Å². The predicted molar refractivity (Wildman–Crippen MR) is 78.0 cm³/mol. The lowest BCUT2D eigenvalue weighted by atomic mass is 10.2. The Balaban J connectivity index is 2.45. The van der Waals surface area contributed by atoms with Crippen molar-refractivity contribution in [1.29, 1.82) is 0 Å². The van der Waals surface area contributed by atoms with Crippen LogP contribution >= 0.6 is 0 Å². The number of nitrogens with one attached hydrogen (secondary N) is 3. The molecule has 2 aromatic rings. The second kappa shape index (κ2) is 5.91. The van der Waals surface area contributed by atoms with Gasteiger partial charge in [0.15, 0.2) is 11.2 Å². The molecular formula is C12H20N6O2. The molecule has 110 valence electrons. The van der Waals surface area contributed by atoms with Crippen molar-refractivity contribution in [2.75, 3.05) is 18.4 Å². The van der Waals surface area contributed by atoms with E-state index in [2.05, 4.69) is 20.3 Å². The van der Waals surface area contributed by atoms with Gasteiger partial charge in [-0.3, -0.25) is 14.3 Å². The molecule has 8 heteroatoms. The minimum Gasteiger partial charge on any atom is -0.356 e. The number of hydrogen-bond donors (Lipinski definition) is 4. The fraction of sp³-hybridized carbons (Fsp3) is 0.583. The van der Waals surface area contributed by atoms with Gasteiger partial charge in [0.2, 0.25) is 5.95 Å². The molecule has 0 aliphatic heterocycles. The molecule has 20 heavy (non-hydrogen) atoms. The van der Waals surface area contributed by atoms with Gasteiger partial charge in [-0.15, -0.1) is 0 Å². The maximum absolute atomic E-state index is 11.9. The van der Waals surface area contributed by atoms with Gasteiger partial charge >= 0.3 is 5.69 Å². The summed E-state index contributed by atoms with van der Waals surface area (Å²) < 4.78 is 1.48. The third kappa shape index (κ3) is 2.90. The predicted octanol–water partition coefficient (Wildman–Crippen LogP) is -0.170. The van der Waals surface area contributed by atoms with E-state index in [1.807, 2.05) is 13.8 Å². The molecule has 2 heterocycles. The number of nitrogens with two attached hydrogens (primary N) is 1. The zero-order chi connectivity index (χ0) is 14.7. The first-order valence-corrected chi connectivity index (χ1v) is 6.69. The van der Waals surface area contributed by atoms with Gasteiger partial charge in [-0.05, 0) is 18.9 Å². The molecule has 2 aromatic heterocycles. The summed E-state index contributed by atoms with van der Waals surface area (Å²) in [6, 6.07) is 0. The average molecular weight is 280 g/mol. The fourth-order valence-corrected chi connectivity index (χ4v) is 1.97. The normalized spacial score (nSPS) is 11.4. The largest absolute Gasteiger partial charge is 0.356 e. The highest BCUT2D eigenvalue weighted by molar-refractivity contribution is 5.72. The number of aromatic nitrogens is 4. The van der Waals surface area contributed by atoms with Crippen LogP contribution in [0.25, 0.3) is 11.2 Å². The highest BCUT2D eigenvalue weighted by atomic mass is 16.2. The molecule has 0 saturated carbocycles. The van der Waals surface area contributed by atoms with Crippen LogP contribution in [0, 0.1) is 5.92 Å². The Bertz CT molecular complexity index is 696. The maximum atomic E-state index is 11.9. The monoisotopic (exact) mass is 280 g/mol. The molecule has 0 spiro atoms. The molecule has 0 aromatic carbocycles. The molecule has 0 aliphatic rings. The third-order valence-electron chi connectivity index (χ3n) is 2.85. The number of fused-ring (bicyclic) bond motifs is 1. The van der Waals surface area contributed by atoms with Crippen molar-refractivity contribution in [3.05, 3.63) is 20.8 Å². The molecule has 5 N–H and O–H groups in total. The number of aromatic amines is 2. The van der Waals surface area contributed by atoms with Crippen LogP contribution < -0.4 is 22.3 Å². The highest BCUT2D eigenvalue weighted by Gasteiger charge is 2.13. The van der Waals surface area contributed by atoms with E-state index in [9.17, 15) is 9.59 Å².